The molecule has 1 atom stereocenters. The third-order valence-corrected chi connectivity index (χ3v) is 8.97. The van der Waals surface area contributed by atoms with Gasteiger partial charge in [-0.1, -0.05) is 90.1 Å². The van der Waals surface area contributed by atoms with E-state index in [1.54, 1.807) is 0 Å². The largest absolute Gasteiger partial charge is 0.494 e. The molecule has 1 aliphatic rings. The second-order valence-electron chi connectivity index (χ2n) is 13.7. The first-order valence-electron chi connectivity index (χ1n) is 16.6. The molecule has 5 rings (SSSR count). The number of amides is 1. The highest BCUT2D eigenvalue weighted by molar-refractivity contribution is 5.96. The van der Waals surface area contributed by atoms with E-state index in [-0.39, 0.29) is 12.0 Å². The minimum atomic E-state index is -0.542. The molecule has 0 saturated carbocycles. The molecule has 0 bridgehead atoms. The molecule has 4 aromatic rings. The van der Waals surface area contributed by atoms with Gasteiger partial charge in [-0.2, -0.15) is 0 Å². The average Bonchev–Trinajstić information content (AvgIpc) is 3.47. The molecule has 1 aromatic heterocycles. The van der Waals surface area contributed by atoms with Crippen molar-refractivity contribution in [2.45, 2.75) is 85.2 Å². The Morgan fingerprint density at radius 1 is 1.00 bits per heavy atom. The lowest BCUT2D eigenvalue weighted by molar-refractivity contribution is -0.124. The molecule has 1 amide bonds. The average molecular weight is 620 g/mol. The number of nitrogens with one attached hydrogen (secondary N) is 1. The molecule has 1 N–H and O–H groups in total. The number of anilines is 1. The molecule has 46 heavy (non-hydrogen) atoms. The van der Waals surface area contributed by atoms with Gasteiger partial charge in [0.2, 0.25) is 5.91 Å². The van der Waals surface area contributed by atoms with E-state index in [9.17, 15) is 4.79 Å². The molecular formula is C40H49N3O3. The van der Waals surface area contributed by atoms with Crippen LogP contribution in [-0.2, 0) is 18.3 Å². The van der Waals surface area contributed by atoms with Gasteiger partial charge in [0.15, 0.2) is 0 Å². The number of hydrogen-bond acceptors (Lipinski definition) is 4. The molecule has 0 aliphatic carbocycles. The lowest BCUT2D eigenvalue weighted by Crippen LogP contribution is -2.32. The van der Waals surface area contributed by atoms with Crippen LogP contribution in [0.1, 0.15) is 101 Å². The Bertz CT molecular complexity index is 1640. The molecule has 0 spiro atoms. The molecule has 0 radical (unpaired) electrons. The number of imidazole rings is 1. The number of hydrogen-bond donors (Lipinski definition) is 1. The predicted molar refractivity (Wildman–Crippen MR) is 188 cm³/mol. The summed E-state index contributed by atoms with van der Waals surface area (Å²) in [5, 5.41) is 3.31. The number of para-hydroxylation sites is 1. The van der Waals surface area contributed by atoms with Gasteiger partial charge in [0, 0.05) is 41.7 Å². The molecule has 0 fully saturated rings. The van der Waals surface area contributed by atoms with E-state index < -0.39 is 5.41 Å². The summed E-state index contributed by atoms with van der Waals surface area (Å²) in [7, 11) is 2.01. The van der Waals surface area contributed by atoms with Gasteiger partial charge in [0.05, 0.1) is 6.61 Å². The van der Waals surface area contributed by atoms with Crippen molar-refractivity contribution in [3.63, 3.8) is 0 Å². The van der Waals surface area contributed by atoms with E-state index in [1.165, 1.54) is 16.7 Å². The Labute approximate surface area is 274 Å². The second kappa shape index (κ2) is 14.4. The summed E-state index contributed by atoms with van der Waals surface area (Å²) >= 11 is 0. The van der Waals surface area contributed by atoms with Gasteiger partial charge in [-0.05, 0) is 78.5 Å². The van der Waals surface area contributed by atoms with Crippen LogP contribution in [0.4, 0.5) is 5.69 Å². The minimum Gasteiger partial charge on any atom is -0.494 e. The number of carbonyl (C=O) groups is 1. The van der Waals surface area contributed by atoms with Crippen molar-refractivity contribution in [3.8, 4) is 11.5 Å². The SMILES string of the molecule is CC(C)c1cccc(C(C)C)c1NC(=O)C(C)(C)CCCOc1ccc2c(c1)C=C(c1nccn1C)C(CCc1ccccc1)O2. The Morgan fingerprint density at radius 2 is 1.72 bits per heavy atom. The van der Waals surface area contributed by atoms with Crippen molar-refractivity contribution < 1.29 is 14.3 Å². The van der Waals surface area contributed by atoms with E-state index >= 15 is 0 Å². The Kier molecular flexibility index (Phi) is 10.4. The van der Waals surface area contributed by atoms with Crippen LogP contribution in [0.3, 0.4) is 0 Å². The summed E-state index contributed by atoms with van der Waals surface area (Å²) in [5.74, 6) is 3.23. The second-order valence-corrected chi connectivity index (χ2v) is 13.7. The van der Waals surface area contributed by atoms with Gasteiger partial charge in [0.1, 0.15) is 23.4 Å². The summed E-state index contributed by atoms with van der Waals surface area (Å²) < 4.78 is 14.8. The fourth-order valence-electron chi connectivity index (χ4n) is 6.12. The molecule has 1 unspecified atom stereocenters. The van der Waals surface area contributed by atoms with E-state index in [0.29, 0.717) is 24.9 Å². The van der Waals surface area contributed by atoms with Crippen molar-refractivity contribution in [1.29, 1.82) is 0 Å². The number of benzene rings is 3. The summed E-state index contributed by atoms with van der Waals surface area (Å²) in [4.78, 5) is 18.2. The summed E-state index contributed by atoms with van der Waals surface area (Å²) in [6, 6.07) is 22.9. The van der Waals surface area contributed by atoms with Crippen LogP contribution in [0.2, 0.25) is 0 Å². The first-order valence-corrected chi connectivity index (χ1v) is 16.6. The first kappa shape index (κ1) is 33.1. The number of rotatable bonds is 13. The van der Waals surface area contributed by atoms with Crippen LogP contribution in [0.5, 0.6) is 11.5 Å². The highest BCUT2D eigenvalue weighted by atomic mass is 16.5. The van der Waals surface area contributed by atoms with Crippen molar-refractivity contribution in [2.75, 3.05) is 11.9 Å². The van der Waals surface area contributed by atoms with Crippen molar-refractivity contribution in [3.05, 3.63) is 107 Å². The van der Waals surface area contributed by atoms with Crippen LogP contribution in [0.15, 0.2) is 79.1 Å². The lowest BCUT2D eigenvalue weighted by Gasteiger charge is -2.28. The smallest absolute Gasteiger partial charge is 0.230 e. The lowest BCUT2D eigenvalue weighted by atomic mass is 9.86. The molecule has 6 nitrogen and oxygen atoms in total. The maximum atomic E-state index is 13.5. The Hall–Kier alpha value is -4.32. The van der Waals surface area contributed by atoms with Gasteiger partial charge in [-0.25, -0.2) is 4.98 Å². The Balaban J connectivity index is 1.22. The van der Waals surface area contributed by atoms with Crippen molar-refractivity contribution >= 4 is 23.2 Å². The van der Waals surface area contributed by atoms with E-state index in [0.717, 1.165) is 53.4 Å². The van der Waals surface area contributed by atoms with Crippen molar-refractivity contribution in [1.82, 2.24) is 9.55 Å². The molecule has 2 heterocycles. The standard InChI is InChI=1S/C40H49N3O3/c1-27(2)32-15-11-16-33(28(3)4)37(32)42-39(44)40(5,6)21-12-24-45-31-18-20-35-30(25-31)26-34(38-41-22-23-43(38)7)36(46-35)19-17-29-13-9-8-10-14-29/h8-11,13-16,18,20,22-23,25-28,36H,12,17,19,21,24H2,1-7H3,(H,42,44). The zero-order valence-electron chi connectivity index (χ0n) is 28.5. The van der Waals surface area contributed by atoms with Gasteiger partial charge >= 0.3 is 0 Å². The molecule has 1 aliphatic heterocycles. The highest BCUT2D eigenvalue weighted by Gasteiger charge is 2.30. The number of carbonyl (C=O) groups excluding carboxylic acids is 1. The van der Waals surface area contributed by atoms with Crippen LogP contribution >= 0.6 is 0 Å². The summed E-state index contributed by atoms with van der Waals surface area (Å²) in [5.41, 5.74) is 6.13. The molecule has 0 saturated heterocycles. The molecular weight excluding hydrogens is 570 g/mol. The maximum absolute atomic E-state index is 13.5. The molecule has 242 valence electrons. The van der Waals surface area contributed by atoms with E-state index in [1.807, 2.05) is 62.1 Å². The normalized spacial score (nSPS) is 14.5. The van der Waals surface area contributed by atoms with Gasteiger partial charge in [-0.3, -0.25) is 4.79 Å². The maximum Gasteiger partial charge on any atom is 0.230 e. The highest BCUT2D eigenvalue weighted by Crippen LogP contribution is 2.38. The first-order chi connectivity index (χ1) is 22.0. The van der Waals surface area contributed by atoms with E-state index in [2.05, 4.69) is 86.5 Å². The van der Waals surface area contributed by atoms with Crippen LogP contribution in [-0.4, -0.2) is 28.2 Å². The monoisotopic (exact) mass is 619 g/mol. The number of ether oxygens (including phenoxy) is 2. The predicted octanol–water partition coefficient (Wildman–Crippen LogP) is 9.43. The van der Waals surface area contributed by atoms with Gasteiger partial charge in [-0.15, -0.1) is 0 Å². The van der Waals surface area contributed by atoms with Crippen molar-refractivity contribution in [2.24, 2.45) is 12.5 Å². The number of nitrogens with zero attached hydrogens (tertiary/aromatic N) is 2. The topological polar surface area (TPSA) is 65.4 Å². The fourth-order valence-corrected chi connectivity index (χ4v) is 6.12. The number of fused-ring (bicyclic) bond motifs is 1. The molecule has 6 heteroatoms. The third-order valence-electron chi connectivity index (χ3n) is 8.97. The fraction of sp³-hybridized carbons (Fsp3) is 0.400. The Morgan fingerprint density at radius 3 is 2.37 bits per heavy atom. The van der Waals surface area contributed by atoms with Crippen LogP contribution in [0, 0.1) is 5.41 Å². The minimum absolute atomic E-state index is 0.0437. The zero-order valence-corrected chi connectivity index (χ0v) is 28.5. The molecule has 3 aromatic carbocycles. The van der Waals surface area contributed by atoms with Gasteiger partial charge in [0.25, 0.3) is 0 Å². The summed E-state index contributed by atoms with van der Waals surface area (Å²) in [6.45, 7) is 13.2. The van der Waals surface area contributed by atoms with E-state index in [4.69, 9.17) is 9.47 Å². The zero-order chi connectivity index (χ0) is 32.8. The van der Waals surface area contributed by atoms with Crippen LogP contribution < -0.4 is 14.8 Å². The quantitative estimate of drug-likeness (QED) is 0.151. The number of aryl methyl sites for hydroxylation is 2. The van der Waals surface area contributed by atoms with Gasteiger partial charge < -0.3 is 19.4 Å². The van der Waals surface area contributed by atoms with Crippen LogP contribution in [0.25, 0.3) is 11.6 Å². The summed E-state index contributed by atoms with van der Waals surface area (Å²) in [6.07, 6.45) is 9.12. The number of aromatic nitrogens is 2. The third kappa shape index (κ3) is 7.72.